The van der Waals surface area contributed by atoms with E-state index in [1.54, 1.807) is 30.3 Å². The zero-order valence-electron chi connectivity index (χ0n) is 8.68. The first-order valence-corrected chi connectivity index (χ1v) is 5.12. The lowest BCUT2D eigenvalue weighted by Crippen LogP contribution is -1.99. The van der Waals surface area contributed by atoms with Gasteiger partial charge in [-0.15, -0.1) is 0 Å². The molecule has 0 amide bonds. The van der Waals surface area contributed by atoms with Crippen molar-refractivity contribution in [2.24, 2.45) is 0 Å². The lowest BCUT2D eigenvalue weighted by molar-refractivity contribution is 1.18. The molecule has 0 aliphatic rings. The van der Waals surface area contributed by atoms with Gasteiger partial charge in [-0.1, -0.05) is 11.6 Å². The third-order valence-electron chi connectivity index (χ3n) is 2.00. The Labute approximate surface area is 103 Å². The topological polar surface area (TPSA) is 87.6 Å². The molecule has 0 bridgehead atoms. The third kappa shape index (κ3) is 2.83. The highest BCUT2D eigenvalue weighted by molar-refractivity contribution is 6.29. The first kappa shape index (κ1) is 11.2. The van der Waals surface area contributed by atoms with Gasteiger partial charge in [0.2, 0.25) is 5.95 Å². The summed E-state index contributed by atoms with van der Waals surface area (Å²) in [6, 6.07) is 10.6. The number of nitrogen functional groups attached to an aromatic ring is 1. The van der Waals surface area contributed by atoms with Crippen molar-refractivity contribution in [3.8, 4) is 6.07 Å². The van der Waals surface area contributed by atoms with E-state index < -0.39 is 0 Å². The predicted molar refractivity (Wildman–Crippen MR) is 65.9 cm³/mol. The second-order valence-electron chi connectivity index (χ2n) is 3.25. The number of nitriles is 1. The Morgan fingerprint density at radius 3 is 2.53 bits per heavy atom. The number of aromatic nitrogens is 2. The van der Waals surface area contributed by atoms with E-state index in [0.29, 0.717) is 11.4 Å². The summed E-state index contributed by atoms with van der Waals surface area (Å²) in [5, 5.41) is 11.9. The second kappa shape index (κ2) is 4.68. The maximum Gasteiger partial charge on any atom is 0.223 e. The average Bonchev–Trinajstić information content (AvgIpc) is 2.28. The molecule has 0 fully saturated rings. The van der Waals surface area contributed by atoms with E-state index in [-0.39, 0.29) is 11.1 Å². The number of rotatable bonds is 2. The van der Waals surface area contributed by atoms with Crippen molar-refractivity contribution in [3.63, 3.8) is 0 Å². The summed E-state index contributed by atoms with van der Waals surface area (Å²) in [6.07, 6.45) is 0. The van der Waals surface area contributed by atoms with Gasteiger partial charge in [-0.3, -0.25) is 0 Å². The number of anilines is 3. The highest BCUT2D eigenvalue weighted by atomic mass is 35.5. The zero-order chi connectivity index (χ0) is 12.3. The van der Waals surface area contributed by atoms with Crippen molar-refractivity contribution < 1.29 is 0 Å². The highest BCUT2D eigenvalue weighted by Gasteiger charge is 2.01. The molecule has 0 aliphatic heterocycles. The van der Waals surface area contributed by atoms with Gasteiger partial charge in [-0.2, -0.15) is 10.2 Å². The van der Waals surface area contributed by atoms with Gasteiger partial charge in [0, 0.05) is 11.8 Å². The smallest absolute Gasteiger partial charge is 0.223 e. The van der Waals surface area contributed by atoms with Crippen LogP contribution in [0.15, 0.2) is 30.3 Å². The Balaban J connectivity index is 2.22. The van der Waals surface area contributed by atoms with E-state index in [9.17, 15) is 0 Å². The number of hydrogen-bond acceptors (Lipinski definition) is 5. The Bertz CT molecular complexity index is 553. The van der Waals surface area contributed by atoms with Gasteiger partial charge >= 0.3 is 0 Å². The van der Waals surface area contributed by atoms with Crippen LogP contribution in [-0.4, -0.2) is 9.97 Å². The van der Waals surface area contributed by atoms with Crippen LogP contribution in [0.1, 0.15) is 5.56 Å². The van der Waals surface area contributed by atoms with Crippen LogP contribution in [0.5, 0.6) is 0 Å². The van der Waals surface area contributed by atoms with Crippen molar-refractivity contribution in [1.82, 2.24) is 9.97 Å². The molecule has 1 heterocycles. The molecule has 1 aromatic heterocycles. The summed E-state index contributed by atoms with van der Waals surface area (Å²) in [7, 11) is 0. The zero-order valence-corrected chi connectivity index (χ0v) is 9.44. The maximum atomic E-state index is 8.67. The van der Waals surface area contributed by atoms with Crippen LogP contribution >= 0.6 is 11.6 Å². The number of halogens is 1. The van der Waals surface area contributed by atoms with E-state index in [0.717, 1.165) is 5.69 Å². The summed E-state index contributed by atoms with van der Waals surface area (Å²) in [5.41, 5.74) is 6.85. The van der Waals surface area contributed by atoms with Gasteiger partial charge in [0.25, 0.3) is 0 Å². The molecular weight excluding hydrogens is 238 g/mol. The monoisotopic (exact) mass is 245 g/mol. The first-order chi connectivity index (χ1) is 8.17. The number of nitrogens with two attached hydrogens (primary N) is 1. The Hall–Kier alpha value is -2.32. The highest BCUT2D eigenvalue weighted by Crippen LogP contribution is 2.18. The minimum atomic E-state index is 0.105. The minimum Gasteiger partial charge on any atom is -0.368 e. The molecule has 6 heteroatoms. The van der Waals surface area contributed by atoms with Crippen molar-refractivity contribution >= 4 is 29.1 Å². The molecule has 2 aromatic rings. The molecule has 1 aromatic carbocycles. The molecule has 2 rings (SSSR count). The number of hydrogen-bond donors (Lipinski definition) is 2. The summed E-state index contributed by atoms with van der Waals surface area (Å²) < 4.78 is 0. The molecule has 84 valence electrons. The summed E-state index contributed by atoms with van der Waals surface area (Å²) >= 11 is 5.75. The molecule has 3 N–H and O–H groups in total. The Kier molecular flexibility index (Phi) is 3.08. The minimum absolute atomic E-state index is 0.105. The molecule has 5 nitrogen and oxygen atoms in total. The fourth-order valence-electron chi connectivity index (χ4n) is 1.28. The second-order valence-corrected chi connectivity index (χ2v) is 3.64. The summed E-state index contributed by atoms with van der Waals surface area (Å²) in [6.45, 7) is 0. The van der Waals surface area contributed by atoms with Crippen molar-refractivity contribution in [1.29, 1.82) is 5.26 Å². The van der Waals surface area contributed by atoms with Gasteiger partial charge in [0.15, 0.2) is 0 Å². The number of nitrogens with one attached hydrogen (secondary N) is 1. The van der Waals surface area contributed by atoms with Gasteiger partial charge in [-0.05, 0) is 24.3 Å². The van der Waals surface area contributed by atoms with Crippen molar-refractivity contribution in [3.05, 3.63) is 41.0 Å². The fourth-order valence-corrected chi connectivity index (χ4v) is 1.47. The molecule has 0 saturated heterocycles. The van der Waals surface area contributed by atoms with Crippen LogP contribution in [0.25, 0.3) is 0 Å². The van der Waals surface area contributed by atoms with E-state index in [1.165, 1.54) is 0 Å². The average molecular weight is 246 g/mol. The molecule has 17 heavy (non-hydrogen) atoms. The van der Waals surface area contributed by atoms with E-state index in [4.69, 9.17) is 22.6 Å². The van der Waals surface area contributed by atoms with Gasteiger partial charge in [0.1, 0.15) is 11.0 Å². The molecule has 0 aliphatic carbocycles. The fraction of sp³-hybridized carbons (Fsp3) is 0. The quantitative estimate of drug-likeness (QED) is 0.793. The SMILES string of the molecule is N#Cc1ccc(Nc2cc(Cl)nc(N)n2)cc1. The van der Waals surface area contributed by atoms with Crippen LogP contribution in [0.4, 0.5) is 17.5 Å². The molecule has 0 unspecified atom stereocenters. The van der Waals surface area contributed by atoms with Gasteiger partial charge < -0.3 is 11.1 Å². The Morgan fingerprint density at radius 1 is 1.24 bits per heavy atom. The molecule has 0 saturated carbocycles. The summed E-state index contributed by atoms with van der Waals surface area (Å²) in [5.74, 6) is 0.612. The van der Waals surface area contributed by atoms with Crippen LogP contribution < -0.4 is 11.1 Å². The maximum absolute atomic E-state index is 8.67. The third-order valence-corrected chi connectivity index (χ3v) is 2.19. The molecular formula is C11H8ClN5. The van der Waals surface area contributed by atoms with Crippen LogP contribution in [0.2, 0.25) is 5.15 Å². The van der Waals surface area contributed by atoms with Gasteiger partial charge in [-0.25, -0.2) is 4.98 Å². The summed E-state index contributed by atoms with van der Waals surface area (Å²) in [4.78, 5) is 7.73. The van der Waals surface area contributed by atoms with Crippen molar-refractivity contribution in [2.75, 3.05) is 11.1 Å². The predicted octanol–water partition coefficient (Wildman–Crippen LogP) is 2.33. The largest absolute Gasteiger partial charge is 0.368 e. The normalized spacial score (nSPS) is 9.65. The number of benzene rings is 1. The molecule has 0 atom stereocenters. The number of nitrogens with zero attached hydrogens (tertiary/aromatic N) is 3. The molecule has 0 radical (unpaired) electrons. The Morgan fingerprint density at radius 2 is 1.94 bits per heavy atom. The van der Waals surface area contributed by atoms with Crippen LogP contribution in [0, 0.1) is 11.3 Å². The van der Waals surface area contributed by atoms with E-state index in [1.807, 2.05) is 6.07 Å². The van der Waals surface area contributed by atoms with Crippen LogP contribution in [0.3, 0.4) is 0 Å². The standard InChI is InChI=1S/C11H8ClN5/c12-9-5-10(17-11(14)16-9)15-8-3-1-7(6-13)2-4-8/h1-5H,(H3,14,15,16,17). The van der Waals surface area contributed by atoms with Crippen molar-refractivity contribution in [2.45, 2.75) is 0 Å². The lowest BCUT2D eigenvalue weighted by atomic mass is 10.2. The van der Waals surface area contributed by atoms with Crippen LogP contribution in [-0.2, 0) is 0 Å². The van der Waals surface area contributed by atoms with Gasteiger partial charge in [0.05, 0.1) is 11.6 Å². The molecule has 0 spiro atoms. The van der Waals surface area contributed by atoms with E-state index in [2.05, 4.69) is 15.3 Å². The lowest BCUT2D eigenvalue weighted by Gasteiger charge is -2.06. The first-order valence-electron chi connectivity index (χ1n) is 4.74. The van der Waals surface area contributed by atoms with E-state index >= 15 is 0 Å².